The molecule has 0 radical (unpaired) electrons. The molecule has 0 aromatic heterocycles. The van der Waals surface area contributed by atoms with Crippen molar-refractivity contribution in [3.8, 4) is 0 Å². The first-order valence-corrected chi connectivity index (χ1v) is 7.78. The maximum absolute atomic E-state index is 12.9. The average Bonchev–Trinajstić information content (AvgIpc) is 2.60. The van der Waals surface area contributed by atoms with Gasteiger partial charge in [0.05, 0.1) is 5.56 Å². The number of halogens is 4. The van der Waals surface area contributed by atoms with Crippen LogP contribution < -0.4 is 5.32 Å². The molecule has 0 aliphatic rings. The van der Waals surface area contributed by atoms with Crippen LogP contribution in [-0.2, 0) is 22.2 Å². The minimum Gasteiger partial charge on any atom is -0.480 e. The molecule has 2 N–H and O–H groups in total. The van der Waals surface area contributed by atoms with Gasteiger partial charge in [0.15, 0.2) is 0 Å². The SMILES string of the molecule is O=C(/C=C/c1ccc(C(F)(F)F)cc1)N[C@@H](Cc1ccc(F)cc1)C(=O)O. The van der Waals surface area contributed by atoms with Crippen molar-refractivity contribution < 1.29 is 32.3 Å². The van der Waals surface area contributed by atoms with Gasteiger partial charge in [0.1, 0.15) is 11.9 Å². The minimum absolute atomic E-state index is 0.0462. The summed E-state index contributed by atoms with van der Waals surface area (Å²) in [6.07, 6.45) is -2.19. The highest BCUT2D eigenvalue weighted by atomic mass is 19.4. The van der Waals surface area contributed by atoms with E-state index in [1.165, 1.54) is 42.5 Å². The lowest BCUT2D eigenvalue weighted by molar-refractivity contribution is -0.141. The van der Waals surface area contributed by atoms with Crippen LogP contribution in [0.2, 0.25) is 0 Å². The number of benzene rings is 2. The number of hydrogen-bond donors (Lipinski definition) is 2. The molecule has 0 aliphatic carbocycles. The molecule has 27 heavy (non-hydrogen) atoms. The van der Waals surface area contributed by atoms with E-state index in [4.69, 9.17) is 0 Å². The Labute approximate surface area is 152 Å². The summed E-state index contributed by atoms with van der Waals surface area (Å²) in [5.74, 6) is -2.45. The van der Waals surface area contributed by atoms with Gasteiger partial charge in [-0.3, -0.25) is 4.79 Å². The summed E-state index contributed by atoms with van der Waals surface area (Å²) in [5.41, 5.74) is 0.0636. The van der Waals surface area contributed by atoms with Crippen LogP contribution in [-0.4, -0.2) is 23.0 Å². The largest absolute Gasteiger partial charge is 0.480 e. The van der Waals surface area contributed by atoms with Crippen LogP contribution >= 0.6 is 0 Å². The highest BCUT2D eigenvalue weighted by Crippen LogP contribution is 2.29. The van der Waals surface area contributed by atoms with Crippen LogP contribution in [0.1, 0.15) is 16.7 Å². The van der Waals surface area contributed by atoms with E-state index in [9.17, 15) is 32.3 Å². The molecule has 0 spiro atoms. The quantitative estimate of drug-likeness (QED) is 0.593. The van der Waals surface area contributed by atoms with Crippen molar-refractivity contribution in [2.75, 3.05) is 0 Å². The first-order chi connectivity index (χ1) is 12.6. The zero-order valence-electron chi connectivity index (χ0n) is 13.8. The molecule has 1 atom stereocenters. The van der Waals surface area contributed by atoms with Crippen LogP contribution in [0.5, 0.6) is 0 Å². The Morgan fingerprint density at radius 2 is 1.63 bits per heavy atom. The van der Waals surface area contributed by atoms with Gasteiger partial charge in [-0.05, 0) is 41.5 Å². The molecule has 0 unspecified atom stereocenters. The van der Waals surface area contributed by atoms with Gasteiger partial charge in [-0.15, -0.1) is 0 Å². The smallest absolute Gasteiger partial charge is 0.416 e. The number of hydrogen-bond acceptors (Lipinski definition) is 2. The van der Waals surface area contributed by atoms with Gasteiger partial charge in [-0.1, -0.05) is 24.3 Å². The lowest BCUT2D eigenvalue weighted by atomic mass is 10.1. The second-order valence-electron chi connectivity index (χ2n) is 5.68. The maximum atomic E-state index is 12.9. The lowest BCUT2D eigenvalue weighted by Gasteiger charge is -2.13. The molecule has 0 bridgehead atoms. The third-order valence-corrected chi connectivity index (χ3v) is 3.63. The zero-order chi connectivity index (χ0) is 20.0. The summed E-state index contributed by atoms with van der Waals surface area (Å²) < 4.78 is 50.4. The molecule has 2 rings (SSSR count). The van der Waals surface area contributed by atoms with Gasteiger partial charge in [0.25, 0.3) is 0 Å². The average molecular weight is 381 g/mol. The molecule has 0 aliphatic heterocycles. The van der Waals surface area contributed by atoms with Crippen LogP contribution in [0.25, 0.3) is 6.08 Å². The van der Waals surface area contributed by atoms with Crippen LogP contribution in [0.4, 0.5) is 17.6 Å². The molecule has 2 aromatic rings. The minimum atomic E-state index is -4.45. The summed E-state index contributed by atoms with van der Waals surface area (Å²) in [6, 6.07) is 8.10. The second kappa shape index (κ2) is 8.48. The van der Waals surface area contributed by atoms with Gasteiger partial charge in [0.2, 0.25) is 5.91 Å². The first kappa shape index (κ1) is 20.2. The van der Waals surface area contributed by atoms with E-state index in [2.05, 4.69) is 5.32 Å². The summed E-state index contributed by atoms with van der Waals surface area (Å²) in [5, 5.41) is 11.5. The Morgan fingerprint density at radius 3 is 2.15 bits per heavy atom. The number of carboxylic acids is 1. The van der Waals surface area contributed by atoms with Crippen LogP contribution in [0, 0.1) is 5.82 Å². The molecule has 0 saturated carbocycles. The fourth-order valence-electron chi connectivity index (χ4n) is 2.23. The Bertz CT molecular complexity index is 828. The van der Waals surface area contributed by atoms with E-state index < -0.39 is 35.5 Å². The Kier molecular flexibility index (Phi) is 6.33. The van der Waals surface area contributed by atoms with E-state index in [1.54, 1.807) is 0 Å². The van der Waals surface area contributed by atoms with E-state index in [1.807, 2.05) is 0 Å². The lowest BCUT2D eigenvalue weighted by Crippen LogP contribution is -2.41. The monoisotopic (exact) mass is 381 g/mol. The fraction of sp³-hybridized carbons (Fsp3) is 0.158. The number of rotatable bonds is 6. The van der Waals surface area contributed by atoms with Crippen molar-refractivity contribution in [2.45, 2.75) is 18.6 Å². The summed E-state index contributed by atoms with van der Waals surface area (Å²) >= 11 is 0. The van der Waals surface area contributed by atoms with Crippen molar-refractivity contribution in [1.82, 2.24) is 5.32 Å². The fourth-order valence-corrected chi connectivity index (χ4v) is 2.23. The topological polar surface area (TPSA) is 66.4 Å². The van der Waals surface area contributed by atoms with Crippen LogP contribution in [0.15, 0.2) is 54.6 Å². The molecule has 142 valence electrons. The van der Waals surface area contributed by atoms with E-state index in [0.29, 0.717) is 11.1 Å². The Balaban J connectivity index is 1.99. The predicted octanol–water partition coefficient (Wildman–Crippen LogP) is 3.67. The van der Waals surface area contributed by atoms with Crippen molar-refractivity contribution in [1.29, 1.82) is 0 Å². The maximum Gasteiger partial charge on any atom is 0.416 e. The normalized spacial score (nSPS) is 12.7. The number of aliphatic carboxylic acids is 1. The Hall–Kier alpha value is -3.16. The van der Waals surface area contributed by atoms with Gasteiger partial charge < -0.3 is 10.4 Å². The van der Waals surface area contributed by atoms with E-state index in [0.717, 1.165) is 18.2 Å². The molecule has 1 amide bonds. The molecule has 8 heteroatoms. The molecule has 0 fully saturated rings. The number of carbonyl (C=O) groups is 2. The number of alkyl halides is 3. The number of amides is 1. The standard InChI is InChI=1S/C19H15F4NO3/c20-15-8-3-13(4-9-15)11-16(18(26)27)24-17(25)10-5-12-1-6-14(7-2-12)19(21,22)23/h1-10,16H,11H2,(H,24,25)(H,26,27)/b10-5+/t16-/m0/s1. The molecule has 4 nitrogen and oxygen atoms in total. The third-order valence-electron chi connectivity index (χ3n) is 3.63. The van der Waals surface area contributed by atoms with Gasteiger partial charge in [-0.2, -0.15) is 13.2 Å². The van der Waals surface area contributed by atoms with Crippen molar-refractivity contribution in [2.24, 2.45) is 0 Å². The molecular formula is C19H15F4NO3. The van der Waals surface area contributed by atoms with Crippen molar-refractivity contribution in [3.05, 3.63) is 77.1 Å². The molecule has 0 heterocycles. The number of nitrogens with one attached hydrogen (secondary N) is 1. The van der Waals surface area contributed by atoms with Gasteiger partial charge in [-0.25, -0.2) is 9.18 Å². The van der Waals surface area contributed by atoms with E-state index >= 15 is 0 Å². The van der Waals surface area contributed by atoms with Gasteiger partial charge >= 0.3 is 12.1 Å². The highest BCUT2D eigenvalue weighted by Gasteiger charge is 2.29. The van der Waals surface area contributed by atoms with Gasteiger partial charge in [0, 0.05) is 12.5 Å². The predicted molar refractivity (Wildman–Crippen MR) is 90.1 cm³/mol. The molecule has 2 aromatic carbocycles. The summed E-state index contributed by atoms with van der Waals surface area (Å²) in [6.45, 7) is 0. The summed E-state index contributed by atoms with van der Waals surface area (Å²) in [4.78, 5) is 23.2. The number of carboxylic acid groups (broad SMARTS) is 1. The molecule has 0 saturated heterocycles. The zero-order valence-corrected chi connectivity index (χ0v) is 13.8. The highest BCUT2D eigenvalue weighted by molar-refractivity contribution is 5.94. The van der Waals surface area contributed by atoms with Crippen LogP contribution in [0.3, 0.4) is 0 Å². The second-order valence-corrected chi connectivity index (χ2v) is 5.68. The van der Waals surface area contributed by atoms with E-state index in [-0.39, 0.29) is 6.42 Å². The number of carbonyl (C=O) groups excluding carboxylic acids is 1. The van der Waals surface area contributed by atoms with Crippen molar-refractivity contribution in [3.63, 3.8) is 0 Å². The first-order valence-electron chi connectivity index (χ1n) is 7.78. The molecular weight excluding hydrogens is 366 g/mol. The third kappa shape index (κ3) is 6.25. The van der Waals surface area contributed by atoms with Crippen molar-refractivity contribution >= 4 is 18.0 Å². The summed E-state index contributed by atoms with van der Waals surface area (Å²) in [7, 11) is 0. The Morgan fingerprint density at radius 1 is 1.04 bits per heavy atom.